The first-order chi connectivity index (χ1) is 9.56. The van der Waals surface area contributed by atoms with E-state index < -0.39 is 4.92 Å². The zero-order valence-corrected chi connectivity index (χ0v) is 11.0. The van der Waals surface area contributed by atoms with Gasteiger partial charge in [-0.05, 0) is 31.9 Å². The van der Waals surface area contributed by atoms with E-state index in [9.17, 15) is 20.0 Å². The number of carbonyl (C=O) groups is 1. The van der Waals surface area contributed by atoms with Crippen molar-refractivity contribution in [1.82, 2.24) is 5.32 Å². The third-order valence-electron chi connectivity index (χ3n) is 3.35. The number of anilines is 1. The Bertz CT molecular complexity index is 512. The molecule has 1 aromatic carbocycles. The van der Waals surface area contributed by atoms with Gasteiger partial charge in [-0.3, -0.25) is 14.9 Å². The maximum Gasteiger partial charge on any atom is 0.271 e. The van der Waals surface area contributed by atoms with E-state index in [0.29, 0.717) is 12.5 Å². The third-order valence-corrected chi connectivity index (χ3v) is 3.35. The molecule has 0 aromatic heterocycles. The van der Waals surface area contributed by atoms with E-state index in [1.54, 1.807) is 0 Å². The molecule has 1 aliphatic heterocycles. The van der Waals surface area contributed by atoms with Crippen molar-refractivity contribution in [3.05, 3.63) is 28.3 Å². The van der Waals surface area contributed by atoms with Crippen LogP contribution in [0, 0.1) is 10.1 Å². The number of amides is 1. The molecule has 1 atom stereocenters. The van der Waals surface area contributed by atoms with E-state index in [1.165, 1.54) is 12.1 Å². The van der Waals surface area contributed by atoms with Crippen molar-refractivity contribution in [2.24, 2.45) is 0 Å². The highest BCUT2D eigenvalue weighted by molar-refractivity contribution is 5.92. The van der Waals surface area contributed by atoms with E-state index in [2.05, 4.69) is 10.6 Å². The minimum atomic E-state index is -0.572. The fourth-order valence-electron chi connectivity index (χ4n) is 2.26. The standard InChI is InChI=1S/C13H17N3O4/c17-12-5-4-10(16(19)20)8-11(12)15-13(18)6-3-9-2-1-7-14-9/h4-5,8-9,14,17H,1-3,6-7H2,(H,15,18). The van der Waals surface area contributed by atoms with Crippen LogP contribution < -0.4 is 10.6 Å². The van der Waals surface area contributed by atoms with Crippen molar-refractivity contribution in [2.75, 3.05) is 11.9 Å². The smallest absolute Gasteiger partial charge is 0.271 e. The summed E-state index contributed by atoms with van der Waals surface area (Å²) < 4.78 is 0. The van der Waals surface area contributed by atoms with Crippen LogP contribution in [0.15, 0.2) is 18.2 Å². The average molecular weight is 279 g/mol. The van der Waals surface area contributed by atoms with Crippen molar-refractivity contribution < 1.29 is 14.8 Å². The summed E-state index contributed by atoms with van der Waals surface area (Å²) in [7, 11) is 0. The lowest BCUT2D eigenvalue weighted by Crippen LogP contribution is -2.23. The highest BCUT2D eigenvalue weighted by Crippen LogP contribution is 2.28. The Hall–Kier alpha value is -2.15. The van der Waals surface area contributed by atoms with Gasteiger partial charge >= 0.3 is 0 Å². The van der Waals surface area contributed by atoms with Crippen LogP contribution in [-0.2, 0) is 4.79 Å². The fraction of sp³-hybridized carbons (Fsp3) is 0.462. The highest BCUT2D eigenvalue weighted by Gasteiger charge is 2.17. The second kappa shape index (κ2) is 6.33. The number of nitrogens with one attached hydrogen (secondary N) is 2. The zero-order chi connectivity index (χ0) is 14.5. The van der Waals surface area contributed by atoms with Gasteiger partial charge in [-0.15, -0.1) is 0 Å². The molecule has 0 radical (unpaired) electrons. The van der Waals surface area contributed by atoms with Crippen LogP contribution in [0.4, 0.5) is 11.4 Å². The fourth-order valence-corrected chi connectivity index (χ4v) is 2.26. The number of non-ortho nitro benzene ring substituents is 1. The predicted octanol–water partition coefficient (Wildman–Crippen LogP) is 1.77. The zero-order valence-electron chi connectivity index (χ0n) is 11.0. The normalized spacial score (nSPS) is 17.9. The first-order valence-corrected chi connectivity index (χ1v) is 6.57. The number of phenolic OH excluding ortho intramolecular Hbond substituents is 1. The molecule has 7 nitrogen and oxygen atoms in total. The summed E-state index contributed by atoms with van der Waals surface area (Å²) in [6, 6.07) is 3.90. The number of benzene rings is 1. The van der Waals surface area contributed by atoms with E-state index in [0.717, 1.165) is 31.9 Å². The maximum atomic E-state index is 11.8. The van der Waals surface area contributed by atoms with Gasteiger partial charge in [0.25, 0.3) is 5.69 Å². The number of carbonyl (C=O) groups excluding carboxylic acids is 1. The molecular formula is C13H17N3O4. The van der Waals surface area contributed by atoms with E-state index >= 15 is 0 Å². The van der Waals surface area contributed by atoms with Gasteiger partial charge in [0.2, 0.25) is 5.91 Å². The van der Waals surface area contributed by atoms with Crippen LogP contribution in [-0.4, -0.2) is 28.5 Å². The van der Waals surface area contributed by atoms with Crippen molar-refractivity contribution in [3.63, 3.8) is 0 Å². The summed E-state index contributed by atoms with van der Waals surface area (Å²) in [5.41, 5.74) is -0.0980. The predicted molar refractivity (Wildman–Crippen MR) is 73.6 cm³/mol. The van der Waals surface area contributed by atoms with Crippen LogP contribution in [0.2, 0.25) is 0 Å². The molecule has 20 heavy (non-hydrogen) atoms. The number of aromatic hydroxyl groups is 1. The van der Waals surface area contributed by atoms with Crippen LogP contribution in [0.25, 0.3) is 0 Å². The second-order valence-electron chi connectivity index (χ2n) is 4.84. The Morgan fingerprint density at radius 2 is 2.35 bits per heavy atom. The monoisotopic (exact) mass is 279 g/mol. The molecule has 0 aliphatic carbocycles. The maximum absolute atomic E-state index is 11.8. The molecule has 0 spiro atoms. The van der Waals surface area contributed by atoms with E-state index in [4.69, 9.17) is 0 Å². The van der Waals surface area contributed by atoms with Gasteiger partial charge in [0.1, 0.15) is 5.75 Å². The molecule has 1 unspecified atom stereocenters. The number of nitro groups is 1. The minimum Gasteiger partial charge on any atom is -0.506 e. The lowest BCUT2D eigenvalue weighted by atomic mass is 10.1. The topological polar surface area (TPSA) is 104 Å². The lowest BCUT2D eigenvalue weighted by molar-refractivity contribution is -0.384. The van der Waals surface area contributed by atoms with Crippen LogP contribution in [0.3, 0.4) is 0 Å². The summed E-state index contributed by atoms with van der Waals surface area (Å²) in [5, 5.41) is 26.0. The summed E-state index contributed by atoms with van der Waals surface area (Å²) in [5.74, 6) is -0.433. The first kappa shape index (κ1) is 14.3. The number of phenols is 1. The molecule has 2 rings (SSSR count). The Balaban J connectivity index is 1.92. The number of nitrogens with zero attached hydrogens (tertiary/aromatic N) is 1. The molecule has 0 bridgehead atoms. The third kappa shape index (κ3) is 3.67. The van der Waals surface area contributed by atoms with E-state index in [1.807, 2.05) is 0 Å². The average Bonchev–Trinajstić information content (AvgIpc) is 2.92. The molecule has 108 valence electrons. The van der Waals surface area contributed by atoms with Crippen molar-refractivity contribution in [3.8, 4) is 5.75 Å². The van der Waals surface area contributed by atoms with Gasteiger partial charge in [0.15, 0.2) is 0 Å². The SMILES string of the molecule is O=C(CCC1CCCN1)Nc1cc([N+](=O)[O-])ccc1O. The molecule has 1 saturated heterocycles. The molecule has 1 fully saturated rings. The summed E-state index contributed by atoms with van der Waals surface area (Å²) in [4.78, 5) is 21.9. The number of rotatable bonds is 5. The molecule has 0 saturated carbocycles. The molecule has 3 N–H and O–H groups in total. The quantitative estimate of drug-likeness (QED) is 0.433. The first-order valence-electron chi connectivity index (χ1n) is 6.57. The minimum absolute atomic E-state index is 0.0728. The molecule has 1 aliphatic rings. The lowest BCUT2D eigenvalue weighted by Gasteiger charge is -2.10. The highest BCUT2D eigenvalue weighted by atomic mass is 16.6. The molecule has 1 heterocycles. The Kier molecular flexibility index (Phi) is 4.52. The number of hydrogen-bond acceptors (Lipinski definition) is 5. The number of nitro benzene ring substituents is 1. The second-order valence-corrected chi connectivity index (χ2v) is 4.84. The van der Waals surface area contributed by atoms with Crippen LogP contribution in [0.1, 0.15) is 25.7 Å². The van der Waals surface area contributed by atoms with Gasteiger partial charge < -0.3 is 15.7 Å². The van der Waals surface area contributed by atoms with Gasteiger partial charge in [-0.2, -0.15) is 0 Å². The Morgan fingerprint density at radius 3 is 3.00 bits per heavy atom. The summed E-state index contributed by atoms with van der Waals surface area (Å²) >= 11 is 0. The summed E-state index contributed by atoms with van der Waals surface area (Å²) in [6.07, 6.45) is 3.23. The van der Waals surface area contributed by atoms with Gasteiger partial charge in [-0.1, -0.05) is 0 Å². The Morgan fingerprint density at radius 1 is 1.55 bits per heavy atom. The molecule has 1 aromatic rings. The molecule has 1 amide bonds. The van der Waals surface area contributed by atoms with Gasteiger partial charge in [0.05, 0.1) is 10.6 Å². The van der Waals surface area contributed by atoms with Crippen molar-refractivity contribution >= 4 is 17.3 Å². The molecule has 7 heteroatoms. The summed E-state index contributed by atoms with van der Waals surface area (Å²) in [6.45, 7) is 0.984. The van der Waals surface area contributed by atoms with E-state index in [-0.39, 0.29) is 23.0 Å². The van der Waals surface area contributed by atoms with Crippen molar-refractivity contribution in [1.29, 1.82) is 0 Å². The largest absolute Gasteiger partial charge is 0.506 e. The Labute approximate surface area is 116 Å². The van der Waals surface area contributed by atoms with Crippen LogP contribution >= 0.6 is 0 Å². The number of hydrogen-bond donors (Lipinski definition) is 3. The van der Waals surface area contributed by atoms with Gasteiger partial charge in [0, 0.05) is 24.6 Å². The van der Waals surface area contributed by atoms with Crippen LogP contribution in [0.5, 0.6) is 5.75 Å². The van der Waals surface area contributed by atoms with Gasteiger partial charge in [-0.25, -0.2) is 0 Å². The van der Waals surface area contributed by atoms with Crippen molar-refractivity contribution in [2.45, 2.75) is 31.7 Å². The molecular weight excluding hydrogens is 262 g/mol.